The number of morpholine rings is 1. The summed E-state index contributed by atoms with van der Waals surface area (Å²) in [5, 5.41) is 3.22. The summed E-state index contributed by atoms with van der Waals surface area (Å²) in [5.41, 5.74) is 0.978. The second-order valence-corrected chi connectivity index (χ2v) is 4.88. The molecule has 0 bridgehead atoms. The van der Waals surface area contributed by atoms with Gasteiger partial charge in [-0.2, -0.15) is 0 Å². The Kier molecular flexibility index (Phi) is 3.08. The topological polar surface area (TPSA) is 58.6 Å². The molecule has 1 fully saturated rings. The average Bonchev–Trinajstić information content (AvgIpc) is 2.72. The standard InChI is InChI=1S/C14H16N2O3/c1-9(12-8-15-6-7-19-12)16-13(17)10-4-2-3-5-11(10)14(16)18/h2-5,9,12,15H,6-8H2,1H3. The number of nitrogens with one attached hydrogen (secondary N) is 1. The number of nitrogens with zero attached hydrogens (tertiary/aromatic N) is 1. The van der Waals surface area contributed by atoms with Crippen molar-refractivity contribution in [2.45, 2.75) is 19.1 Å². The lowest BCUT2D eigenvalue weighted by Crippen LogP contribution is -2.52. The van der Waals surface area contributed by atoms with Crippen molar-refractivity contribution in [2.24, 2.45) is 0 Å². The van der Waals surface area contributed by atoms with Gasteiger partial charge in [-0.1, -0.05) is 12.1 Å². The molecule has 0 spiro atoms. The Morgan fingerprint density at radius 3 is 2.42 bits per heavy atom. The van der Waals surface area contributed by atoms with Crippen LogP contribution in [0.5, 0.6) is 0 Å². The average molecular weight is 260 g/mol. The molecular formula is C14H16N2O3. The Labute approximate surface area is 111 Å². The molecule has 0 aliphatic carbocycles. The molecule has 1 N–H and O–H groups in total. The summed E-state index contributed by atoms with van der Waals surface area (Å²) in [6, 6.07) is 6.68. The van der Waals surface area contributed by atoms with Crippen molar-refractivity contribution < 1.29 is 14.3 Å². The predicted molar refractivity (Wildman–Crippen MR) is 69.0 cm³/mol. The van der Waals surface area contributed by atoms with E-state index in [1.807, 2.05) is 6.92 Å². The molecule has 2 amide bonds. The molecule has 19 heavy (non-hydrogen) atoms. The number of hydrogen-bond acceptors (Lipinski definition) is 4. The van der Waals surface area contributed by atoms with Gasteiger partial charge in [-0.05, 0) is 19.1 Å². The first-order chi connectivity index (χ1) is 9.20. The molecule has 2 atom stereocenters. The zero-order valence-electron chi connectivity index (χ0n) is 10.8. The van der Waals surface area contributed by atoms with E-state index < -0.39 is 0 Å². The molecular weight excluding hydrogens is 244 g/mol. The largest absolute Gasteiger partial charge is 0.373 e. The highest BCUT2D eigenvalue weighted by molar-refractivity contribution is 6.21. The van der Waals surface area contributed by atoms with Crippen molar-refractivity contribution in [3.05, 3.63) is 35.4 Å². The lowest BCUT2D eigenvalue weighted by molar-refractivity contribution is -0.0162. The van der Waals surface area contributed by atoms with Crippen LogP contribution in [0.1, 0.15) is 27.6 Å². The number of carbonyl (C=O) groups is 2. The van der Waals surface area contributed by atoms with Crippen molar-refractivity contribution in [2.75, 3.05) is 19.7 Å². The van der Waals surface area contributed by atoms with Crippen molar-refractivity contribution in [1.29, 1.82) is 0 Å². The number of ether oxygens (including phenoxy) is 1. The van der Waals surface area contributed by atoms with Crippen LogP contribution in [0.4, 0.5) is 0 Å². The van der Waals surface area contributed by atoms with Gasteiger partial charge < -0.3 is 10.1 Å². The number of hydrogen-bond donors (Lipinski definition) is 1. The van der Waals surface area contributed by atoms with Crippen molar-refractivity contribution in [1.82, 2.24) is 10.2 Å². The minimum Gasteiger partial charge on any atom is -0.373 e. The monoisotopic (exact) mass is 260 g/mol. The maximum atomic E-state index is 12.3. The number of amides is 2. The van der Waals surface area contributed by atoms with Crippen LogP contribution in [-0.4, -0.2) is 48.6 Å². The Hall–Kier alpha value is -1.72. The van der Waals surface area contributed by atoms with Gasteiger partial charge in [0.25, 0.3) is 11.8 Å². The van der Waals surface area contributed by atoms with Crippen LogP contribution in [-0.2, 0) is 4.74 Å². The van der Waals surface area contributed by atoms with E-state index in [0.717, 1.165) is 6.54 Å². The van der Waals surface area contributed by atoms with Gasteiger partial charge >= 0.3 is 0 Å². The minimum absolute atomic E-state index is 0.143. The molecule has 2 aliphatic rings. The molecule has 2 unspecified atom stereocenters. The molecule has 5 heteroatoms. The van der Waals surface area contributed by atoms with E-state index in [2.05, 4.69) is 5.32 Å². The number of carbonyl (C=O) groups excluding carboxylic acids is 2. The Morgan fingerprint density at radius 1 is 1.26 bits per heavy atom. The fourth-order valence-electron chi connectivity index (χ4n) is 2.64. The second kappa shape index (κ2) is 4.75. The maximum Gasteiger partial charge on any atom is 0.261 e. The van der Waals surface area contributed by atoms with Crippen LogP contribution < -0.4 is 5.32 Å². The summed E-state index contributed by atoms with van der Waals surface area (Å²) in [4.78, 5) is 26.0. The van der Waals surface area contributed by atoms with Gasteiger partial charge in [0.2, 0.25) is 0 Å². The van der Waals surface area contributed by atoms with E-state index in [4.69, 9.17) is 4.74 Å². The quantitative estimate of drug-likeness (QED) is 0.794. The molecule has 1 saturated heterocycles. The van der Waals surface area contributed by atoms with E-state index in [1.54, 1.807) is 24.3 Å². The highest BCUT2D eigenvalue weighted by atomic mass is 16.5. The molecule has 0 saturated carbocycles. The maximum absolute atomic E-state index is 12.3. The first kappa shape index (κ1) is 12.3. The highest BCUT2D eigenvalue weighted by Crippen LogP contribution is 2.26. The fraction of sp³-hybridized carbons (Fsp3) is 0.429. The highest BCUT2D eigenvalue weighted by Gasteiger charge is 2.41. The van der Waals surface area contributed by atoms with Crippen LogP contribution >= 0.6 is 0 Å². The van der Waals surface area contributed by atoms with Crippen LogP contribution in [0, 0.1) is 0 Å². The van der Waals surface area contributed by atoms with Crippen molar-refractivity contribution in [3.8, 4) is 0 Å². The molecule has 100 valence electrons. The molecule has 3 rings (SSSR count). The second-order valence-electron chi connectivity index (χ2n) is 4.88. The van der Waals surface area contributed by atoms with Gasteiger partial charge in [0.05, 0.1) is 29.9 Å². The van der Waals surface area contributed by atoms with Gasteiger partial charge in [-0.25, -0.2) is 0 Å². The first-order valence-corrected chi connectivity index (χ1v) is 6.49. The minimum atomic E-state index is -0.264. The number of fused-ring (bicyclic) bond motifs is 1. The van der Waals surface area contributed by atoms with Crippen LogP contribution in [0.2, 0.25) is 0 Å². The van der Waals surface area contributed by atoms with E-state index >= 15 is 0 Å². The van der Waals surface area contributed by atoms with Crippen LogP contribution in [0.3, 0.4) is 0 Å². The van der Waals surface area contributed by atoms with Gasteiger partial charge in [0, 0.05) is 13.1 Å². The van der Waals surface area contributed by atoms with E-state index in [1.165, 1.54) is 4.90 Å². The number of imide groups is 1. The van der Waals surface area contributed by atoms with Gasteiger partial charge in [0.1, 0.15) is 0 Å². The summed E-state index contributed by atoms with van der Waals surface area (Å²) >= 11 is 0. The van der Waals surface area contributed by atoms with E-state index in [9.17, 15) is 9.59 Å². The normalized spacial score (nSPS) is 24.5. The molecule has 2 heterocycles. The van der Waals surface area contributed by atoms with Crippen LogP contribution in [0.15, 0.2) is 24.3 Å². The lowest BCUT2D eigenvalue weighted by Gasteiger charge is -2.33. The molecule has 1 aromatic rings. The van der Waals surface area contributed by atoms with Crippen molar-refractivity contribution in [3.63, 3.8) is 0 Å². The lowest BCUT2D eigenvalue weighted by atomic mass is 10.1. The molecule has 0 aromatic heterocycles. The fourth-order valence-corrected chi connectivity index (χ4v) is 2.64. The SMILES string of the molecule is CC(C1CNCCO1)N1C(=O)c2ccccc2C1=O. The smallest absolute Gasteiger partial charge is 0.261 e. The first-order valence-electron chi connectivity index (χ1n) is 6.49. The number of benzene rings is 1. The summed E-state index contributed by atoms with van der Waals surface area (Å²) < 4.78 is 5.64. The zero-order valence-corrected chi connectivity index (χ0v) is 10.8. The Morgan fingerprint density at radius 2 is 1.89 bits per heavy atom. The van der Waals surface area contributed by atoms with E-state index in [-0.39, 0.29) is 24.0 Å². The van der Waals surface area contributed by atoms with Gasteiger partial charge in [-0.15, -0.1) is 0 Å². The van der Waals surface area contributed by atoms with Crippen molar-refractivity contribution >= 4 is 11.8 Å². The Bertz CT molecular complexity index is 488. The third kappa shape index (κ3) is 1.95. The summed E-state index contributed by atoms with van der Waals surface area (Å²) in [5.74, 6) is -0.440. The molecule has 5 nitrogen and oxygen atoms in total. The third-order valence-corrected chi connectivity index (χ3v) is 3.73. The predicted octanol–water partition coefficient (Wildman–Crippen LogP) is 0.659. The van der Waals surface area contributed by atoms with Crippen LogP contribution in [0.25, 0.3) is 0 Å². The summed E-state index contributed by atoms with van der Waals surface area (Å²) in [6.07, 6.45) is -0.143. The molecule has 0 radical (unpaired) electrons. The zero-order chi connectivity index (χ0) is 13.4. The van der Waals surface area contributed by atoms with Gasteiger partial charge in [-0.3, -0.25) is 14.5 Å². The number of rotatable bonds is 2. The molecule has 2 aliphatic heterocycles. The molecule has 1 aromatic carbocycles. The Balaban J connectivity index is 1.87. The summed E-state index contributed by atoms with van der Waals surface area (Å²) in [7, 11) is 0. The van der Waals surface area contributed by atoms with E-state index in [0.29, 0.717) is 24.3 Å². The third-order valence-electron chi connectivity index (χ3n) is 3.73. The summed E-state index contributed by atoms with van der Waals surface area (Å²) in [6.45, 7) is 3.94. The van der Waals surface area contributed by atoms with Gasteiger partial charge in [0.15, 0.2) is 0 Å².